The second-order valence-electron chi connectivity index (χ2n) is 6.31. The molecule has 4 unspecified atom stereocenters. The van der Waals surface area contributed by atoms with Crippen molar-refractivity contribution in [2.75, 3.05) is 0 Å². The van der Waals surface area contributed by atoms with Crippen molar-refractivity contribution in [2.45, 2.75) is 61.9 Å². The molecule has 4 atom stereocenters. The fourth-order valence-corrected chi connectivity index (χ4v) is 3.34. The molecule has 1 aliphatic heterocycles. The van der Waals surface area contributed by atoms with Crippen molar-refractivity contribution in [1.82, 2.24) is 5.32 Å². The van der Waals surface area contributed by atoms with E-state index in [0.29, 0.717) is 19.3 Å². The van der Waals surface area contributed by atoms with Crippen LogP contribution in [-0.2, 0) is 19.1 Å². The lowest BCUT2D eigenvalue weighted by molar-refractivity contribution is -0.175. The molecule has 1 aliphatic carbocycles. The molecule has 7 heteroatoms. The summed E-state index contributed by atoms with van der Waals surface area (Å²) in [4.78, 5) is 36.1. The van der Waals surface area contributed by atoms with E-state index in [2.05, 4.69) is 5.32 Å². The minimum Gasteiger partial charge on any atom is -0.458 e. The first-order valence-corrected chi connectivity index (χ1v) is 7.91. The minimum atomic E-state index is -1.36. The van der Waals surface area contributed by atoms with E-state index >= 15 is 0 Å². The minimum absolute atomic E-state index is 0.0450. The Morgan fingerprint density at radius 1 is 1.24 bits per heavy atom. The molecule has 2 aliphatic rings. The Kier molecular flexibility index (Phi) is 4.83. The number of ether oxygens (including phenoxy) is 1. The van der Waals surface area contributed by atoms with Crippen molar-refractivity contribution in [2.24, 2.45) is 5.92 Å². The Bertz CT molecular complexity index is 446. The predicted octanol–water partition coefficient (Wildman–Crippen LogP) is 1.78. The zero-order chi connectivity index (χ0) is 15.8. The second-order valence-corrected chi connectivity index (χ2v) is 7.43. The summed E-state index contributed by atoms with van der Waals surface area (Å²) in [6.45, 7) is 3.30. The summed E-state index contributed by atoms with van der Waals surface area (Å²) in [7, 11) is 0. The summed E-state index contributed by atoms with van der Waals surface area (Å²) in [6, 6.07) is -0.162. The Balaban J connectivity index is 1.97. The lowest BCUT2D eigenvalue weighted by atomic mass is 9.88. The topological polar surface area (TPSA) is 72.5 Å². The molecule has 0 aromatic carbocycles. The van der Waals surface area contributed by atoms with Crippen molar-refractivity contribution in [3.05, 3.63) is 0 Å². The van der Waals surface area contributed by atoms with Crippen molar-refractivity contribution in [3.8, 4) is 0 Å². The van der Waals surface area contributed by atoms with E-state index in [-0.39, 0.29) is 23.2 Å². The average molecular weight is 336 g/mol. The number of hydrogen-bond acceptors (Lipinski definition) is 4. The summed E-state index contributed by atoms with van der Waals surface area (Å²) in [6.07, 6.45) is 1.95. The van der Waals surface area contributed by atoms with Gasteiger partial charge in [0.25, 0.3) is 0 Å². The van der Waals surface area contributed by atoms with E-state index in [1.54, 1.807) is 13.8 Å². The highest BCUT2D eigenvalue weighted by Gasteiger charge is 2.46. The van der Waals surface area contributed by atoms with Crippen LogP contribution < -0.4 is 5.32 Å². The maximum absolute atomic E-state index is 12.2. The monoisotopic (exact) mass is 335 g/mol. The van der Waals surface area contributed by atoms with Gasteiger partial charge >= 0.3 is 5.97 Å². The molecule has 118 valence electrons. The summed E-state index contributed by atoms with van der Waals surface area (Å²) in [5, 5.41) is 2.39. The van der Waals surface area contributed by atoms with E-state index in [4.69, 9.17) is 27.9 Å². The molecule has 0 aromatic rings. The number of carbonyl (C=O) groups is 3. The predicted molar refractivity (Wildman–Crippen MR) is 78.3 cm³/mol. The van der Waals surface area contributed by atoms with Crippen LogP contribution >= 0.6 is 23.2 Å². The second kappa shape index (κ2) is 6.13. The lowest BCUT2D eigenvalue weighted by Gasteiger charge is -2.34. The van der Waals surface area contributed by atoms with E-state index in [9.17, 15) is 14.4 Å². The van der Waals surface area contributed by atoms with Crippen LogP contribution in [0.2, 0.25) is 0 Å². The highest BCUT2D eigenvalue weighted by atomic mass is 35.5. The SMILES string of the molecule is CC1(C)CC(=O)C(C(=O)NC2CCC(Cl)C(Cl)C2)C(=O)O1. The summed E-state index contributed by atoms with van der Waals surface area (Å²) in [5.74, 6) is -3.13. The van der Waals surface area contributed by atoms with E-state index in [1.807, 2.05) is 0 Å². The standard InChI is InChI=1S/C14H19Cl2NO4/c1-14(2)6-10(18)11(13(20)21-14)12(19)17-7-3-4-8(15)9(16)5-7/h7-9,11H,3-6H2,1-2H3,(H,17,19). The average Bonchev–Trinajstić information content (AvgIpc) is 2.31. The van der Waals surface area contributed by atoms with Gasteiger partial charge in [-0.3, -0.25) is 14.4 Å². The lowest BCUT2D eigenvalue weighted by Crippen LogP contribution is -2.52. The summed E-state index contributed by atoms with van der Waals surface area (Å²) >= 11 is 12.1. The van der Waals surface area contributed by atoms with Crippen molar-refractivity contribution in [1.29, 1.82) is 0 Å². The quantitative estimate of drug-likeness (QED) is 0.474. The maximum Gasteiger partial charge on any atom is 0.326 e. The molecule has 0 radical (unpaired) electrons. The van der Waals surface area contributed by atoms with Crippen molar-refractivity contribution in [3.63, 3.8) is 0 Å². The number of Topliss-reactive ketones (excluding diaryl/α,β-unsaturated/α-hetero) is 1. The van der Waals surface area contributed by atoms with Crippen molar-refractivity contribution < 1.29 is 19.1 Å². The van der Waals surface area contributed by atoms with Gasteiger partial charge in [-0.2, -0.15) is 0 Å². The molecule has 5 nitrogen and oxygen atoms in total. The van der Waals surface area contributed by atoms with Crippen LogP contribution in [0.25, 0.3) is 0 Å². The number of cyclic esters (lactones) is 1. The number of amides is 1. The highest BCUT2D eigenvalue weighted by Crippen LogP contribution is 2.29. The van der Waals surface area contributed by atoms with Crippen LogP contribution in [0.3, 0.4) is 0 Å². The molecular formula is C14H19Cl2NO4. The first kappa shape index (κ1) is 16.6. The number of esters is 1. The van der Waals surface area contributed by atoms with Crippen LogP contribution in [0.4, 0.5) is 0 Å². The number of carbonyl (C=O) groups excluding carboxylic acids is 3. The Morgan fingerprint density at radius 2 is 1.90 bits per heavy atom. The molecule has 0 aromatic heterocycles. The van der Waals surface area contributed by atoms with Crippen LogP contribution in [0.1, 0.15) is 39.5 Å². The fraction of sp³-hybridized carbons (Fsp3) is 0.786. The number of alkyl halides is 2. The van der Waals surface area contributed by atoms with Gasteiger partial charge in [-0.05, 0) is 33.1 Å². The van der Waals surface area contributed by atoms with E-state index < -0.39 is 29.2 Å². The van der Waals surface area contributed by atoms with Gasteiger partial charge in [0, 0.05) is 12.5 Å². The number of nitrogens with one attached hydrogen (secondary N) is 1. The molecule has 0 spiro atoms. The number of rotatable bonds is 2. The molecule has 1 saturated heterocycles. The first-order chi connectivity index (χ1) is 9.69. The Labute approximate surface area is 133 Å². The van der Waals surface area contributed by atoms with Gasteiger partial charge in [-0.1, -0.05) is 0 Å². The summed E-state index contributed by atoms with van der Waals surface area (Å²) < 4.78 is 5.14. The molecule has 1 amide bonds. The molecule has 1 saturated carbocycles. The van der Waals surface area contributed by atoms with Gasteiger partial charge < -0.3 is 10.1 Å². The highest BCUT2D eigenvalue weighted by molar-refractivity contribution is 6.30. The normalized spacial score (nSPS) is 36.0. The summed E-state index contributed by atoms with van der Waals surface area (Å²) in [5.41, 5.74) is -0.844. The smallest absolute Gasteiger partial charge is 0.326 e. The van der Waals surface area contributed by atoms with Crippen LogP contribution in [0.5, 0.6) is 0 Å². The number of ketones is 1. The Hall–Kier alpha value is -0.810. The van der Waals surface area contributed by atoms with Gasteiger partial charge in [0.1, 0.15) is 5.60 Å². The fourth-order valence-electron chi connectivity index (χ4n) is 2.77. The van der Waals surface area contributed by atoms with E-state index in [1.165, 1.54) is 0 Å². The molecule has 2 fully saturated rings. The van der Waals surface area contributed by atoms with Gasteiger partial charge in [-0.15, -0.1) is 23.2 Å². The molecule has 21 heavy (non-hydrogen) atoms. The third kappa shape index (κ3) is 3.89. The molecule has 1 heterocycles. The molecule has 0 bridgehead atoms. The van der Waals surface area contributed by atoms with E-state index in [0.717, 1.165) is 0 Å². The largest absolute Gasteiger partial charge is 0.458 e. The molecule has 2 rings (SSSR count). The maximum atomic E-state index is 12.2. The van der Waals surface area contributed by atoms with Crippen molar-refractivity contribution >= 4 is 40.9 Å². The van der Waals surface area contributed by atoms with Gasteiger partial charge in [0.05, 0.1) is 10.8 Å². The third-order valence-corrected chi connectivity index (χ3v) is 4.97. The first-order valence-electron chi connectivity index (χ1n) is 7.04. The Morgan fingerprint density at radius 3 is 2.48 bits per heavy atom. The zero-order valence-electron chi connectivity index (χ0n) is 12.0. The molecular weight excluding hydrogens is 317 g/mol. The number of hydrogen-bond donors (Lipinski definition) is 1. The van der Waals surface area contributed by atoms with Gasteiger partial charge in [0.2, 0.25) is 5.91 Å². The molecule has 1 N–H and O–H groups in total. The van der Waals surface area contributed by atoms with Crippen LogP contribution in [0.15, 0.2) is 0 Å². The van der Waals surface area contributed by atoms with Crippen LogP contribution in [-0.4, -0.2) is 40.1 Å². The number of halogens is 2. The van der Waals surface area contributed by atoms with Gasteiger partial charge in [0.15, 0.2) is 11.7 Å². The van der Waals surface area contributed by atoms with Crippen LogP contribution in [0, 0.1) is 5.92 Å². The third-order valence-electron chi connectivity index (χ3n) is 3.84. The van der Waals surface area contributed by atoms with Gasteiger partial charge in [-0.25, -0.2) is 0 Å². The zero-order valence-corrected chi connectivity index (χ0v) is 13.5.